The highest BCUT2D eigenvalue weighted by Gasteiger charge is 2.48. The number of carbonyl (C=O) groups excluding carboxylic acids is 1. The van der Waals surface area contributed by atoms with Crippen LogP contribution in [0.4, 0.5) is 0 Å². The largest absolute Gasteiger partial charge is 0.494 e. The molecule has 8 heteroatoms. The second-order valence-electron chi connectivity index (χ2n) is 9.45. The Bertz CT molecular complexity index is 1420. The van der Waals surface area contributed by atoms with E-state index in [0.29, 0.717) is 41.2 Å². The lowest BCUT2D eigenvalue weighted by molar-refractivity contribution is 0.0662. The van der Waals surface area contributed by atoms with Crippen molar-refractivity contribution in [1.82, 2.24) is 4.90 Å². The van der Waals surface area contributed by atoms with Crippen LogP contribution >= 0.6 is 0 Å². The van der Waals surface area contributed by atoms with E-state index in [-0.39, 0.29) is 28.3 Å². The summed E-state index contributed by atoms with van der Waals surface area (Å²) in [6.07, 6.45) is 1.23. The van der Waals surface area contributed by atoms with E-state index >= 15 is 0 Å². The van der Waals surface area contributed by atoms with Crippen LogP contribution in [-0.2, 0) is 9.84 Å². The number of rotatable bonds is 6. The van der Waals surface area contributed by atoms with E-state index in [4.69, 9.17) is 9.15 Å². The summed E-state index contributed by atoms with van der Waals surface area (Å²) in [6.45, 7) is 4.80. The molecule has 0 radical (unpaired) electrons. The maximum absolute atomic E-state index is 13.6. The maximum atomic E-state index is 13.6. The lowest BCUT2D eigenvalue weighted by atomic mass is 9.97. The van der Waals surface area contributed by atoms with Crippen LogP contribution in [0, 0.1) is 5.92 Å². The van der Waals surface area contributed by atoms with E-state index in [2.05, 4.69) is 13.8 Å². The molecular weight excluding hydrogens is 454 g/mol. The van der Waals surface area contributed by atoms with Gasteiger partial charge in [-0.1, -0.05) is 38.1 Å². The molecule has 178 valence electrons. The molecule has 7 nitrogen and oxygen atoms in total. The SMILES string of the molecule is CC(C)CCOc1cccc(C2c3c(oc4ccccc4c3=O)C(=O)N2C2CCS(=O)(=O)C2)c1. The quantitative estimate of drug-likeness (QED) is 0.529. The molecule has 2 aliphatic rings. The van der Waals surface area contributed by atoms with Gasteiger partial charge in [-0.05, 0) is 48.6 Å². The number of benzene rings is 2. The number of sulfone groups is 1. The van der Waals surface area contributed by atoms with Crippen molar-refractivity contribution >= 4 is 26.7 Å². The van der Waals surface area contributed by atoms with E-state index in [1.54, 1.807) is 24.3 Å². The van der Waals surface area contributed by atoms with Crippen molar-refractivity contribution in [2.24, 2.45) is 5.92 Å². The highest BCUT2D eigenvalue weighted by Crippen LogP contribution is 2.42. The van der Waals surface area contributed by atoms with Crippen molar-refractivity contribution in [2.45, 2.75) is 38.8 Å². The minimum absolute atomic E-state index is 0.0101. The van der Waals surface area contributed by atoms with Crippen LogP contribution in [0.5, 0.6) is 5.75 Å². The predicted octanol–water partition coefficient (Wildman–Crippen LogP) is 3.95. The van der Waals surface area contributed by atoms with Gasteiger partial charge in [0.25, 0.3) is 5.91 Å². The van der Waals surface area contributed by atoms with Crippen molar-refractivity contribution in [3.63, 3.8) is 0 Å². The summed E-state index contributed by atoms with van der Waals surface area (Å²) in [5, 5.41) is 0.393. The van der Waals surface area contributed by atoms with Crippen LogP contribution in [0.15, 0.2) is 57.7 Å². The Morgan fingerprint density at radius 1 is 1.12 bits per heavy atom. The third kappa shape index (κ3) is 4.00. The summed E-state index contributed by atoms with van der Waals surface area (Å²) in [4.78, 5) is 28.7. The molecule has 2 unspecified atom stereocenters. The average Bonchev–Trinajstić information content (AvgIpc) is 3.30. The predicted molar refractivity (Wildman–Crippen MR) is 129 cm³/mol. The molecule has 3 aromatic rings. The normalized spacial score (nSPS) is 21.4. The smallest absolute Gasteiger partial charge is 0.291 e. The van der Waals surface area contributed by atoms with Gasteiger partial charge in [0.2, 0.25) is 5.76 Å². The highest BCUT2D eigenvalue weighted by molar-refractivity contribution is 7.91. The molecule has 0 saturated carbocycles. The number of hydrogen-bond acceptors (Lipinski definition) is 6. The lowest BCUT2D eigenvalue weighted by Gasteiger charge is -2.30. The Morgan fingerprint density at radius 2 is 1.91 bits per heavy atom. The Kier molecular flexibility index (Phi) is 5.72. The number of carbonyl (C=O) groups is 1. The molecule has 1 aromatic heterocycles. The Hall–Kier alpha value is -3.13. The van der Waals surface area contributed by atoms with Gasteiger partial charge in [-0.25, -0.2) is 8.42 Å². The summed E-state index contributed by atoms with van der Waals surface area (Å²) in [6, 6.07) is 12.9. The molecule has 2 aromatic carbocycles. The van der Waals surface area contributed by atoms with Crippen molar-refractivity contribution < 1.29 is 22.4 Å². The Morgan fingerprint density at radius 3 is 2.65 bits per heavy atom. The van der Waals surface area contributed by atoms with Crippen LogP contribution in [0.1, 0.15) is 54.4 Å². The number of fused-ring (bicyclic) bond motifs is 2. The van der Waals surface area contributed by atoms with E-state index in [0.717, 1.165) is 6.42 Å². The van der Waals surface area contributed by atoms with Gasteiger partial charge in [-0.15, -0.1) is 0 Å². The maximum Gasteiger partial charge on any atom is 0.291 e. The number of hydrogen-bond donors (Lipinski definition) is 0. The minimum atomic E-state index is -3.25. The first-order valence-corrected chi connectivity index (χ1v) is 13.4. The number of para-hydroxylation sites is 1. The van der Waals surface area contributed by atoms with Crippen molar-refractivity contribution in [1.29, 1.82) is 0 Å². The minimum Gasteiger partial charge on any atom is -0.494 e. The van der Waals surface area contributed by atoms with E-state index in [1.165, 1.54) is 4.90 Å². The summed E-state index contributed by atoms with van der Waals surface area (Å²) in [5.41, 5.74) is 1.02. The van der Waals surface area contributed by atoms with Gasteiger partial charge in [0, 0.05) is 6.04 Å². The number of ether oxygens (including phenoxy) is 1. The van der Waals surface area contributed by atoms with Crippen LogP contribution in [-0.4, -0.2) is 43.4 Å². The average molecular weight is 482 g/mol. The van der Waals surface area contributed by atoms with Crippen LogP contribution in [0.25, 0.3) is 11.0 Å². The summed E-state index contributed by atoms with van der Waals surface area (Å²) in [7, 11) is -3.25. The highest BCUT2D eigenvalue weighted by atomic mass is 32.2. The van der Waals surface area contributed by atoms with Crippen molar-refractivity contribution in [3.8, 4) is 5.75 Å². The summed E-state index contributed by atoms with van der Waals surface area (Å²) >= 11 is 0. The fraction of sp³-hybridized carbons (Fsp3) is 0.385. The monoisotopic (exact) mass is 481 g/mol. The zero-order chi connectivity index (χ0) is 24.0. The topological polar surface area (TPSA) is 93.9 Å². The zero-order valence-corrected chi connectivity index (χ0v) is 20.0. The second-order valence-corrected chi connectivity index (χ2v) is 11.7. The zero-order valence-electron chi connectivity index (χ0n) is 19.2. The molecule has 1 amide bonds. The first-order chi connectivity index (χ1) is 16.2. The number of amides is 1. The van der Waals surface area contributed by atoms with E-state index < -0.39 is 27.8 Å². The third-order valence-corrected chi connectivity index (χ3v) is 8.30. The van der Waals surface area contributed by atoms with Crippen molar-refractivity contribution in [3.05, 3.63) is 75.6 Å². The van der Waals surface area contributed by atoms with Crippen LogP contribution in [0.2, 0.25) is 0 Å². The van der Waals surface area contributed by atoms with Gasteiger partial charge in [-0.3, -0.25) is 9.59 Å². The molecule has 0 aliphatic carbocycles. The standard InChI is InChI=1S/C26H27NO6S/c1-16(2)10-12-32-19-7-5-6-17(14-19)23-22-24(28)20-8-3-4-9-21(20)33-25(22)26(29)27(23)18-11-13-34(30,31)15-18/h3-9,14,16,18,23H,10-13,15H2,1-2H3. The Labute approximate surface area is 198 Å². The lowest BCUT2D eigenvalue weighted by Crippen LogP contribution is -2.40. The molecule has 2 atom stereocenters. The molecular formula is C26H27NO6S. The molecule has 2 aliphatic heterocycles. The van der Waals surface area contributed by atoms with Crippen LogP contribution in [0.3, 0.4) is 0 Å². The molecule has 3 heterocycles. The molecule has 34 heavy (non-hydrogen) atoms. The van der Waals surface area contributed by atoms with Gasteiger partial charge >= 0.3 is 0 Å². The molecule has 5 rings (SSSR count). The van der Waals surface area contributed by atoms with Gasteiger partial charge < -0.3 is 14.1 Å². The molecule has 0 N–H and O–H groups in total. The summed E-state index contributed by atoms with van der Waals surface area (Å²) < 4.78 is 36.4. The second kappa shape index (κ2) is 8.58. The molecule has 0 spiro atoms. The van der Waals surface area contributed by atoms with Gasteiger partial charge in [0.1, 0.15) is 11.3 Å². The van der Waals surface area contributed by atoms with E-state index in [9.17, 15) is 18.0 Å². The van der Waals surface area contributed by atoms with Crippen molar-refractivity contribution in [2.75, 3.05) is 18.1 Å². The molecule has 1 saturated heterocycles. The van der Waals surface area contributed by atoms with E-state index in [1.807, 2.05) is 24.3 Å². The first kappa shape index (κ1) is 22.7. The van der Waals surface area contributed by atoms with Gasteiger partial charge in [0.05, 0.1) is 35.1 Å². The fourth-order valence-corrected chi connectivity index (χ4v) is 6.53. The number of nitrogens with zero attached hydrogens (tertiary/aromatic N) is 1. The molecule has 1 fully saturated rings. The first-order valence-electron chi connectivity index (χ1n) is 11.6. The third-order valence-electron chi connectivity index (χ3n) is 6.55. The summed E-state index contributed by atoms with van der Waals surface area (Å²) in [5.74, 6) is 0.581. The fourth-order valence-electron chi connectivity index (χ4n) is 4.82. The van der Waals surface area contributed by atoms with Gasteiger partial charge in [0.15, 0.2) is 15.3 Å². The van der Waals surface area contributed by atoms with Crippen LogP contribution < -0.4 is 10.2 Å². The van der Waals surface area contributed by atoms with Gasteiger partial charge in [-0.2, -0.15) is 0 Å². The Balaban J connectivity index is 1.63. The molecule has 0 bridgehead atoms.